The van der Waals surface area contributed by atoms with E-state index in [2.05, 4.69) is 35.2 Å². The van der Waals surface area contributed by atoms with E-state index in [1.807, 2.05) is 27.8 Å². The minimum atomic E-state index is -0.429. The molecule has 156 valence electrons. The number of likely N-dealkylation sites (tertiary alicyclic amines) is 1. The molecule has 4 nitrogen and oxygen atoms in total. The van der Waals surface area contributed by atoms with Gasteiger partial charge in [0.15, 0.2) is 0 Å². The normalized spacial score (nSPS) is 26.2. The van der Waals surface area contributed by atoms with Crippen LogP contribution in [-0.2, 0) is 10.3 Å². The smallest absolute Gasteiger partial charge is 0.410 e. The molecular weight excluding hydrogens is 348 g/mol. The van der Waals surface area contributed by atoms with Gasteiger partial charge in [0.25, 0.3) is 0 Å². The number of ether oxygens (including phenoxy) is 1. The molecule has 0 unspecified atom stereocenters. The molecule has 1 saturated heterocycles. The van der Waals surface area contributed by atoms with Gasteiger partial charge < -0.3 is 9.64 Å². The van der Waals surface area contributed by atoms with Gasteiger partial charge in [0.2, 0.25) is 0 Å². The Kier molecular flexibility index (Phi) is 6.69. The first-order chi connectivity index (χ1) is 13.3. The lowest BCUT2D eigenvalue weighted by molar-refractivity contribution is 0.0258. The van der Waals surface area contributed by atoms with E-state index in [-0.39, 0.29) is 11.6 Å². The van der Waals surface area contributed by atoms with Gasteiger partial charge in [-0.3, -0.25) is 4.90 Å². The maximum Gasteiger partial charge on any atom is 0.410 e. The van der Waals surface area contributed by atoms with Gasteiger partial charge in [-0.15, -0.1) is 0 Å². The van der Waals surface area contributed by atoms with E-state index < -0.39 is 5.60 Å². The highest BCUT2D eigenvalue weighted by atomic mass is 16.6. The molecule has 1 aromatic rings. The monoisotopic (exact) mass is 386 g/mol. The van der Waals surface area contributed by atoms with Crippen molar-refractivity contribution in [2.24, 2.45) is 5.92 Å². The largest absolute Gasteiger partial charge is 0.444 e. The van der Waals surface area contributed by atoms with Gasteiger partial charge in [-0.05, 0) is 90.3 Å². The Labute approximate surface area is 171 Å². The van der Waals surface area contributed by atoms with Crippen LogP contribution in [0, 0.1) is 5.92 Å². The van der Waals surface area contributed by atoms with Crippen molar-refractivity contribution >= 4 is 6.09 Å². The van der Waals surface area contributed by atoms with Crippen LogP contribution in [0.15, 0.2) is 30.3 Å². The molecular formula is C24H38N2O2. The number of hydrogen-bond donors (Lipinski definition) is 0. The fourth-order valence-corrected chi connectivity index (χ4v) is 4.93. The van der Waals surface area contributed by atoms with E-state index in [1.165, 1.54) is 57.2 Å². The fraction of sp³-hybridized carbons (Fsp3) is 0.708. The fourth-order valence-electron chi connectivity index (χ4n) is 4.93. The van der Waals surface area contributed by atoms with Crippen LogP contribution in [0.1, 0.15) is 71.3 Å². The van der Waals surface area contributed by atoms with Gasteiger partial charge >= 0.3 is 6.09 Å². The summed E-state index contributed by atoms with van der Waals surface area (Å²) in [6.07, 6.45) is 8.48. The van der Waals surface area contributed by atoms with E-state index in [9.17, 15) is 4.79 Å². The van der Waals surface area contributed by atoms with E-state index >= 15 is 0 Å². The van der Waals surface area contributed by atoms with Crippen LogP contribution >= 0.6 is 0 Å². The second kappa shape index (κ2) is 8.86. The van der Waals surface area contributed by atoms with Crippen molar-refractivity contribution in [3.8, 4) is 0 Å². The molecule has 1 saturated carbocycles. The summed E-state index contributed by atoms with van der Waals surface area (Å²) in [5.74, 6) is 0.698. The van der Waals surface area contributed by atoms with Gasteiger partial charge in [-0.2, -0.15) is 0 Å². The molecule has 1 aromatic carbocycles. The van der Waals surface area contributed by atoms with Crippen molar-refractivity contribution in [1.29, 1.82) is 0 Å². The van der Waals surface area contributed by atoms with Crippen LogP contribution in [0.2, 0.25) is 0 Å². The molecule has 4 heteroatoms. The number of amides is 1. The summed E-state index contributed by atoms with van der Waals surface area (Å²) >= 11 is 0. The summed E-state index contributed by atoms with van der Waals surface area (Å²) in [5.41, 5.74) is 1.30. The summed E-state index contributed by atoms with van der Waals surface area (Å²) in [6.45, 7) is 9.01. The number of carbonyl (C=O) groups excluding carboxylic acids is 1. The molecule has 0 N–H and O–H groups in total. The first kappa shape index (κ1) is 21.2. The Hall–Kier alpha value is -1.55. The molecule has 2 fully saturated rings. The van der Waals surface area contributed by atoms with Crippen LogP contribution in [0.4, 0.5) is 4.79 Å². The SMILES string of the molecule is CN(CCC1CCC(c2ccccc2)(N2CCCC2)CC1)C(=O)OC(C)(C)C. The predicted molar refractivity (Wildman–Crippen MR) is 114 cm³/mol. The molecule has 2 aliphatic rings. The molecule has 0 bridgehead atoms. The summed E-state index contributed by atoms with van der Waals surface area (Å²) in [5, 5.41) is 0. The Bertz CT molecular complexity index is 624. The lowest BCUT2D eigenvalue weighted by atomic mass is 9.71. The molecule has 0 atom stereocenters. The Balaban J connectivity index is 1.57. The highest BCUT2D eigenvalue weighted by Crippen LogP contribution is 2.46. The van der Waals surface area contributed by atoms with Gasteiger partial charge in [0.05, 0.1) is 0 Å². The molecule has 1 aliphatic carbocycles. The van der Waals surface area contributed by atoms with Gasteiger partial charge in [-0.1, -0.05) is 30.3 Å². The predicted octanol–water partition coefficient (Wildman–Crippen LogP) is 5.42. The van der Waals surface area contributed by atoms with Crippen molar-refractivity contribution in [3.05, 3.63) is 35.9 Å². The Morgan fingerprint density at radius 1 is 1.14 bits per heavy atom. The van der Waals surface area contributed by atoms with E-state index in [0.29, 0.717) is 5.92 Å². The van der Waals surface area contributed by atoms with E-state index in [0.717, 1.165) is 13.0 Å². The lowest BCUT2D eigenvalue weighted by Crippen LogP contribution is -2.47. The topological polar surface area (TPSA) is 32.8 Å². The highest BCUT2D eigenvalue weighted by Gasteiger charge is 2.42. The minimum absolute atomic E-state index is 0.209. The highest BCUT2D eigenvalue weighted by molar-refractivity contribution is 5.67. The quantitative estimate of drug-likeness (QED) is 0.677. The van der Waals surface area contributed by atoms with Crippen LogP contribution in [-0.4, -0.2) is 48.2 Å². The van der Waals surface area contributed by atoms with Crippen molar-refractivity contribution in [3.63, 3.8) is 0 Å². The third kappa shape index (κ3) is 5.08. The Morgan fingerprint density at radius 2 is 1.75 bits per heavy atom. The van der Waals surface area contributed by atoms with Gasteiger partial charge in [0.1, 0.15) is 5.60 Å². The number of benzene rings is 1. The average Bonchev–Trinajstić information content (AvgIpc) is 3.21. The second-order valence-electron chi connectivity index (χ2n) is 9.73. The summed E-state index contributed by atoms with van der Waals surface area (Å²) < 4.78 is 5.48. The summed E-state index contributed by atoms with van der Waals surface area (Å²) in [4.78, 5) is 16.7. The summed E-state index contributed by atoms with van der Waals surface area (Å²) in [7, 11) is 1.86. The zero-order chi connectivity index (χ0) is 20.2. The molecule has 3 rings (SSSR count). The second-order valence-corrected chi connectivity index (χ2v) is 9.73. The standard InChI is InChI=1S/C24H38N2O2/c1-23(2,3)28-22(27)25(4)19-14-20-12-15-24(16-13-20,26-17-8-9-18-26)21-10-6-5-7-11-21/h5-7,10-11,20H,8-9,12-19H2,1-4H3. The number of carbonyl (C=O) groups is 1. The molecule has 28 heavy (non-hydrogen) atoms. The van der Waals surface area contributed by atoms with Crippen LogP contribution in [0.5, 0.6) is 0 Å². The molecule has 0 radical (unpaired) electrons. The van der Waals surface area contributed by atoms with Gasteiger partial charge in [0, 0.05) is 19.1 Å². The Morgan fingerprint density at radius 3 is 2.32 bits per heavy atom. The van der Waals surface area contributed by atoms with E-state index in [1.54, 1.807) is 4.90 Å². The number of hydrogen-bond acceptors (Lipinski definition) is 3. The average molecular weight is 387 g/mol. The third-order valence-corrected chi connectivity index (χ3v) is 6.53. The molecule has 0 aromatic heterocycles. The maximum absolute atomic E-state index is 12.2. The maximum atomic E-state index is 12.2. The van der Waals surface area contributed by atoms with Crippen molar-refractivity contribution in [1.82, 2.24) is 9.80 Å². The first-order valence-corrected chi connectivity index (χ1v) is 11.0. The van der Waals surface area contributed by atoms with Gasteiger partial charge in [-0.25, -0.2) is 4.79 Å². The molecule has 1 amide bonds. The zero-order valence-corrected chi connectivity index (χ0v) is 18.2. The van der Waals surface area contributed by atoms with Crippen LogP contribution < -0.4 is 0 Å². The number of rotatable bonds is 5. The zero-order valence-electron chi connectivity index (χ0n) is 18.2. The van der Waals surface area contributed by atoms with Crippen LogP contribution in [0.25, 0.3) is 0 Å². The molecule has 1 aliphatic heterocycles. The lowest BCUT2D eigenvalue weighted by Gasteiger charge is -2.47. The van der Waals surface area contributed by atoms with Crippen molar-refractivity contribution in [2.75, 3.05) is 26.7 Å². The third-order valence-electron chi connectivity index (χ3n) is 6.53. The summed E-state index contributed by atoms with van der Waals surface area (Å²) in [6, 6.07) is 11.2. The molecule has 1 heterocycles. The van der Waals surface area contributed by atoms with E-state index in [4.69, 9.17) is 4.74 Å². The number of nitrogens with zero attached hydrogens (tertiary/aromatic N) is 2. The van der Waals surface area contributed by atoms with Crippen LogP contribution in [0.3, 0.4) is 0 Å². The van der Waals surface area contributed by atoms with Crippen molar-refractivity contribution in [2.45, 2.75) is 76.9 Å². The van der Waals surface area contributed by atoms with Crippen molar-refractivity contribution < 1.29 is 9.53 Å². The minimum Gasteiger partial charge on any atom is -0.444 e. The first-order valence-electron chi connectivity index (χ1n) is 11.0. The molecule has 0 spiro atoms.